The Bertz CT molecular complexity index is 408. The highest BCUT2D eigenvalue weighted by atomic mass is 35.5. The van der Waals surface area contributed by atoms with E-state index in [1.54, 1.807) is 16.0 Å². The number of hydrogen-bond donors (Lipinski definition) is 0. The first-order valence-electron chi connectivity index (χ1n) is 3.68. The number of hydrogen-bond acceptors (Lipinski definition) is 4. The van der Waals surface area contributed by atoms with Crippen LogP contribution >= 0.6 is 22.9 Å². The van der Waals surface area contributed by atoms with Crippen molar-refractivity contribution in [2.75, 3.05) is 0 Å². The summed E-state index contributed by atoms with van der Waals surface area (Å²) >= 11 is 7.30. The zero-order chi connectivity index (χ0) is 9.26. The van der Waals surface area contributed by atoms with Gasteiger partial charge in [0.25, 0.3) is 0 Å². The molecule has 0 saturated heterocycles. The minimum absolute atomic E-state index is 0.538. The molecule has 0 unspecified atom stereocenters. The fraction of sp³-hybridized carbons (Fsp3) is 0.286. The quantitative estimate of drug-likeness (QED) is 0.715. The first-order chi connectivity index (χ1) is 6.31. The standard InChI is InChI=1S/C7H7ClN4S/c1-12-7(9-10-11-12)6-3-2-5(4-8)13-6/h2-3H,4H2,1H3. The Morgan fingerprint density at radius 1 is 1.54 bits per heavy atom. The summed E-state index contributed by atoms with van der Waals surface area (Å²) in [5, 5.41) is 11.2. The topological polar surface area (TPSA) is 43.6 Å². The number of aryl methyl sites for hydroxylation is 1. The normalized spacial score (nSPS) is 10.6. The molecule has 0 spiro atoms. The molecule has 0 saturated carbocycles. The molecular weight excluding hydrogens is 208 g/mol. The predicted molar refractivity (Wildman–Crippen MR) is 51.7 cm³/mol. The lowest BCUT2D eigenvalue weighted by Crippen LogP contribution is -1.92. The highest BCUT2D eigenvalue weighted by Crippen LogP contribution is 2.26. The van der Waals surface area contributed by atoms with E-state index in [1.807, 2.05) is 19.2 Å². The van der Waals surface area contributed by atoms with Gasteiger partial charge in [0.1, 0.15) is 0 Å². The van der Waals surface area contributed by atoms with Gasteiger partial charge in [0, 0.05) is 11.9 Å². The number of thiophene rings is 1. The largest absolute Gasteiger partial charge is 0.228 e. The van der Waals surface area contributed by atoms with E-state index in [0.717, 1.165) is 15.6 Å². The predicted octanol–water partition coefficient (Wildman–Crippen LogP) is 1.68. The van der Waals surface area contributed by atoms with Crippen molar-refractivity contribution in [2.24, 2.45) is 7.05 Å². The van der Waals surface area contributed by atoms with Gasteiger partial charge >= 0.3 is 0 Å². The van der Waals surface area contributed by atoms with E-state index < -0.39 is 0 Å². The van der Waals surface area contributed by atoms with Crippen LogP contribution in [0.15, 0.2) is 12.1 Å². The van der Waals surface area contributed by atoms with Crippen LogP contribution in [-0.4, -0.2) is 20.2 Å². The SMILES string of the molecule is Cn1nnnc1-c1ccc(CCl)s1. The Morgan fingerprint density at radius 3 is 2.92 bits per heavy atom. The van der Waals surface area contributed by atoms with Gasteiger partial charge in [-0.15, -0.1) is 28.0 Å². The molecule has 13 heavy (non-hydrogen) atoms. The maximum atomic E-state index is 5.69. The Morgan fingerprint density at radius 2 is 2.38 bits per heavy atom. The summed E-state index contributed by atoms with van der Waals surface area (Å²) in [5.41, 5.74) is 0. The third-order valence-corrected chi connectivity index (χ3v) is 3.16. The summed E-state index contributed by atoms with van der Waals surface area (Å²) in [4.78, 5) is 2.17. The fourth-order valence-electron chi connectivity index (χ4n) is 1.01. The van der Waals surface area contributed by atoms with Crippen molar-refractivity contribution in [1.82, 2.24) is 20.2 Å². The van der Waals surface area contributed by atoms with E-state index in [1.165, 1.54) is 0 Å². The molecule has 2 aromatic rings. The van der Waals surface area contributed by atoms with Gasteiger partial charge in [-0.05, 0) is 22.6 Å². The number of alkyl halides is 1. The zero-order valence-corrected chi connectivity index (χ0v) is 8.51. The van der Waals surface area contributed by atoms with Crippen molar-refractivity contribution < 1.29 is 0 Å². The summed E-state index contributed by atoms with van der Waals surface area (Å²) in [5.74, 6) is 1.32. The molecule has 4 nitrogen and oxygen atoms in total. The maximum Gasteiger partial charge on any atom is 0.191 e. The van der Waals surface area contributed by atoms with Crippen LogP contribution in [0.4, 0.5) is 0 Å². The summed E-state index contributed by atoms with van der Waals surface area (Å²) in [6, 6.07) is 3.97. The van der Waals surface area contributed by atoms with Crippen LogP contribution in [0.25, 0.3) is 10.7 Å². The zero-order valence-electron chi connectivity index (χ0n) is 6.94. The average molecular weight is 215 g/mol. The Hall–Kier alpha value is -0.940. The van der Waals surface area contributed by atoms with Gasteiger partial charge in [-0.2, -0.15) is 0 Å². The number of aromatic nitrogens is 4. The molecule has 0 aromatic carbocycles. The third-order valence-electron chi connectivity index (χ3n) is 1.63. The minimum atomic E-state index is 0.538. The van der Waals surface area contributed by atoms with Crippen molar-refractivity contribution in [2.45, 2.75) is 5.88 Å². The molecule has 0 atom stereocenters. The molecule has 2 aromatic heterocycles. The van der Waals surface area contributed by atoms with Crippen LogP contribution in [0.3, 0.4) is 0 Å². The van der Waals surface area contributed by atoms with Crippen molar-refractivity contribution in [3.63, 3.8) is 0 Å². The molecule has 0 fully saturated rings. The molecular formula is C7H7ClN4S. The number of halogens is 1. The van der Waals surface area contributed by atoms with Gasteiger partial charge in [-0.3, -0.25) is 0 Å². The smallest absolute Gasteiger partial charge is 0.191 e. The van der Waals surface area contributed by atoms with Gasteiger partial charge in [0.15, 0.2) is 5.82 Å². The first-order valence-corrected chi connectivity index (χ1v) is 5.04. The summed E-state index contributed by atoms with van der Waals surface area (Å²) in [6.45, 7) is 0. The van der Waals surface area contributed by atoms with Crippen LogP contribution in [0.2, 0.25) is 0 Å². The molecule has 0 amide bonds. The van der Waals surface area contributed by atoms with E-state index in [9.17, 15) is 0 Å². The molecule has 0 bridgehead atoms. The van der Waals surface area contributed by atoms with Gasteiger partial charge in [-0.1, -0.05) is 0 Å². The fourth-order valence-corrected chi connectivity index (χ4v) is 2.13. The Kier molecular flexibility index (Phi) is 2.28. The molecule has 2 rings (SSSR count). The molecule has 68 valence electrons. The monoisotopic (exact) mass is 214 g/mol. The second-order valence-corrected chi connectivity index (χ2v) is 3.96. The molecule has 0 N–H and O–H groups in total. The van der Waals surface area contributed by atoms with E-state index in [4.69, 9.17) is 11.6 Å². The van der Waals surface area contributed by atoms with Crippen molar-refractivity contribution in [3.05, 3.63) is 17.0 Å². The highest BCUT2D eigenvalue weighted by Gasteiger charge is 2.07. The van der Waals surface area contributed by atoms with Gasteiger partial charge in [0.05, 0.1) is 10.8 Å². The van der Waals surface area contributed by atoms with E-state index in [2.05, 4.69) is 15.5 Å². The second-order valence-electron chi connectivity index (χ2n) is 2.53. The Balaban J connectivity index is 2.41. The van der Waals surface area contributed by atoms with Crippen LogP contribution in [0, 0.1) is 0 Å². The van der Waals surface area contributed by atoms with E-state index in [-0.39, 0.29) is 0 Å². The van der Waals surface area contributed by atoms with Crippen LogP contribution < -0.4 is 0 Å². The average Bonchev–Trinajstić information content (AvgIpc) is 2.71. The lowest BCUT2D eigenvalue weighted by atomic mass is 10.4. The summed E-state index contributed by atoms with van der Waals surface area (Å²) < 4.78 is 1.64. The number of nitrogens with zero attached hydrogens (tertiary/aromatic N) is 4. The molecule has 0 radical (unpaired) electrons. The maximum absolute atomic E-state index is 5.69. The highest BCUT2D eigenvalue weighted by molar-refractivity contribution is 7.15. The van der Waals surface area contributed by atoms with E-state index in [0.29, 0.717) is 5.88 Å². The van der Waals surface area contributed by atoms with Crippen molar-refractivity contribution >= 4 is 22.9 Å². The molecule has 2 heterocycles. The first kappa shape index (κ1) is 8.65. The second kappa shape index (κ2) is 3.43. The summed E-state index contributed by atoms with van der Waals surface area (Å²) in [6.07, 6.45) is 0. The van der Waals surface area contributed by atoms with E-state index >= 15 is 0 Å². The van der Waals surface area contributed by atoms with Crippen LogP contribution in [0.5, 0.6) is 0 Å². The lowest BCUT2D eigenvalue weighted by molar-refractivity contribution is 0.715. The lowest BCUT2D eigenvalue weighted by Gasteiger charge is -1.91. The van der Waals surface area contributed by atoms with Crippen molar-refractivity contribution in [1.29, 1.82) is 0 Å². The minimum Gasteiger partial charge on any atom is -0.228 e. The summed E-state index contributed by atoms with van der Waals surface area (Å²) in [7, 11) is 1.81. The van der Waals surface area contributed by atoms with Crippen LogP contribution in [0.1, 0.15) is 4.88 Å². The molecule has 0 aliphatic carbocycles. The molecule has 6 heteroatoms. The number of rotatable bonds is 2. The van der Waals surface area contributed by atoms with Gasteiger partial charge < -0.3 is 0 Å². The Labute approximate surface area is 84.1 Å². The molecule has 0 aliphatic rings. The van der Waals surface area contributed by atoms with Crippen molar-refractivity contribution in [3.8, 4) is 10.7 Å². The van der Waals surface area contributed by atoms with Gasteiger partial charge in [-0.25, -0.2) is 4.68 Å². The van der Waals surface area contributed by atoms with Crippen LogP contribution in [-0.2, 0) is 12.9 Å². The third kappa shape index (κ3) is 1.57. The molecule has 0 aliphatic heterocycles. The van der Waals surface area contributed by atoms with Gasteiger partial charge in [0.2, 0.25) is 0 Å². The number of tetrazole rings is 1.